The first-order valence-electron chi connectivity index (χ1n) is 13.6. The van der Waals surface area contributed by atoms with Crippen molar-refractivity contribution in [3.8, 4) is 69.3 Å². The van der Waals surface area contributed by atoms with Crippen molar-refractivity contribution in [1.29, 1.82) is 21.0 Å². The first-order valence-corrected chi connectivity index (χ1v) is 13.6. The molecule has 0 saturated heterocycles. The molecule has 0 aliphatic rings. The molecule has 0 bridgehead atoms. The summed E-state index contributed by atoms with van der Waals surface area (Å²) in [4.78, 5) is 35.9. The predicted molar refractivity (Wildman–Crippen MR) is 164 cm³/mol. The molecule has 12 nitrogen and oxygen atoms in total. The zero-order chi connectivity index (χ0) is 31.6. The molecule has 3 aromatic carbocycles. The van der Waals surface area contributed by atoms with E-state index in [2.05, 4.69) is 19.9 Å². The van der Waals surface area contributed by atoms with Crippen LogP contribution in [-0.2, 0) is 0 Å². The molecule has 0 spiro atoms. The van der Waals surface area contributed by atoms with E-state index in [1.165, 1.54) is 0 Å². The highest BCUT2D eigenvalue weighted by Crippen LogP contribution is 2.34. The number of fused-ring (bicyclic) bond motifs is 2. The van der Waals surface area contributed by atoms with Gasteiger partial charge in [0.15, 0.2) is 45.4 Å². The fraction of sp³-hybridized carbons (Fsp3) is 0. The Labute approximate surface area is 260 Å². The van der Waals surface area contributed by atoms with E-state index in [1.54, 1.807) is 0 Å². The molecular formula is C34H14N12. The molecule has 46 heavy (non-hydrogen) atoms. The number of hydrogen-bond donors (Lipinski definition) is 0. The van der Waals surface area contributed by atoms with Gasteiger partial charge in [0.2, 0.25) is 0 Å². The third kappa shape index (κ3) is 4.73. The summed E-state index contributed by atoms with van der Waals surface area (Å²) in [6.07, 6.45) is 0. The molecular weight excluding hydrogens is 576 g/mol. The second-order valence-corrected chi connectivity index (χ2v) is 9.73. The third-order valence-electron chi connectivity index (χ3n) is 6.99. The summed E-state index contributed by atoms with van der Waals surface area (Å²) in [6, 6.07) is 33.8. The van der Waals surface area contributed by atoms with Crippen LogP contribution in [0.4, 0.5) is 0 Å². The SMILES string of the molecule is N#Cc1nc2nc(-c3ccccc3)c(-c3ccc(-c4nc5nc(C#N)c(C#N)nc5nc4-c4ccccc4)cc3)nc2nc1C#N. The lowest BCUT2D eigenvalue weighted by Crippen LogP contribution is -2.03. The summed E-state index contributed by atoms with van der Waals surface area (Å²) in [6.45, 7) is 0. The molecule has 0 unspecified atom stereocenters. The smallest absolute Gasteiger partial charge is 0.199 e. The Hall–Kier alpha value is -7.54. The first kappa shape index (κ1) is 27.3. The van der Waals surface area contributed by atoms with Crippen LogP contribution in [0.3, 0.4) is 0 Å². The van der Waals surface area contributed by atoms with Crippen LogP contribution < -0.4 is 0 Å². The van der Waals surface area contributed by atoms with E-state index in [9.17, 15) is 21.0 Å². The van der Waals surface area contributed by atoms with Gasteiger partial charge >= 0.3 is 0 Å². The van der Waals surface area contributed by atoms with Gasteiger partial charge in [-0.15, -0.1) is 0 Å². The number of benzene rings is 3. The number of rotatable bonds is 4. The molecule has 0 aliphatic heterocycles. The third-order valence-corrected chi connectivity index (χ3v) is 6.99. The van der Waals surface area contributed by atoms with Crippen molar-refractivity contribution in [2.45, 2.75) is 0 Å². The predicted octanol–water partition coefficient (Wildman–Crippen LogP) is 5.31. The second-order valence-electron chi connectivity index (χ2n) is 9.73. The van der Waals surface area contributed by atoms with Crippen molar-refractivity contribution >= 4 is 22.6 Å². The van der Waals surface area contributed by atoms with Gasteiger partial charge in [0.05, 0.1) is 22.8 Å². The van der Waals surface area contributed by atoms with Gasteiger partial charge in [-0.3, -0.25) is 0 Å². The molecule has 0 fully saturated rings. The van der Waals surface area contributed by atoms with Crippen LogP contribution in [-0.4, -0.2) is 39.9 Å². The fourth-order valence-corrected chi connectivity index (χ4v) is 4.87. The second kappa shape index (κ2) is 11.3. The van der Waals surface area contributed by atoms with Gasteiger partial charge in [-0.2, -0.15) is 21.0 Å². The molecule has 0 saturated carbocycles. The van der Waals surface area contributed by atoms with Crippen molar-refractivity contribution in [1.82, 2.24) is 39.9 Å². The monoisotopic (exact) mass is 590 g/mol. The van der Waals surface area contributed by atoms with Crippen molar-refractivity contribution < 1.29 is 0 Å². The topological polar surface area (TPSA) is 198 Å². The first-order chi connectivity index (χ1) is 22.6. The Morgan fingerprint density at radius 1 is 0.304 bits per heavy atom. The molecule has 12 heteroatoms. The number of nitriles is 4. The minimum absolute atomic E-state index is 0.124. The average Bonchev–Trinajstić information content (AvgIpc) is 3.13. The van der Waals surface area contributed by atoms with E-state index in [-0.39, 0.29) is 45.4 Å². The van der Waals surface area contributed by atoms with E-state index < -0.39 is 0 Å². The lowest BCUT2D eigenvalue weighted by molar-refractivity contribution is 1.12. The molecule has 7 rings (SSSR count). The van der Waals surface area contributed by atoms with Crippen LogP contribution >= 0.6 is 0 Å². The van der Waals surface area contributed by atoms with Gasteiger partial charge in [0.1, 0.15) is 24.3 Å². The number of nitrogens with zero attached hydrogens (tertiary/aromatic N) is 12. The van der Waals surface area contributed by atoms with Crippen molar-refractivity contribution in [3.63, 3.8) is 0 Å². The summed E-state index contributed by atoms with van der Waals surface area (Å²) in [5.74, 6) is 0. The van der Waals surface area contributed by atoms with E-state index >= 15 is 0 Å². The quantitative estimate of drug-likeness (QED) is 0.256. The average molecular weight is 591 g/mol. The van der Waals surface area contributed by atoms with Crippen molar-refractivity contribution in [2.24, 2.45) is 0 Å². The maximum atomic E-state index is 9.49. The van der Waals surface area contributed by atoms with Crippen LogP contribution in [0.2, 0.25) is 0 Å². The Kier molecular flexibility index (Phi) is 6.69. The summed E-state index contributed by atoms with van der Waals surface area (Å²) in [7, 11) is 0. The Morgan fingerprint density at radius 2 is 0.543 bits per heavy atom. The molecule has 210 valence electrons. The zero-order valence-corrected chi connectivity index (χ0v) is 23.4. The van der Waals surface area contributed by atoms with Crippen LogP contribution in [0, 0.1) is 45.3 Å². The minimum Gasteiger partial charge on any atom is -0.223 e. The van der Waals surface area contributed by atoms with E-state index in [0.29, 0.717) is 33.9 Å². The van der Waals surface area contributed by atoms with Crippen LogP contribution in [0.5, 0.6) is 0 Å². The maximum absolute atomic E-state index is 9.49. The van der Waals surface area contributed by atoms with Gasteiger partial charge in [0.25, 0.3) is 0 Å². The van der Waals surface area contributed by atoms with Gasteiger partial charge in [-0.25, -0.2) is 39.9 Å². The highest BCUT2D eigenvalue weighted by atomic mass is 15.0. The molecule has 0 atom stereocenters. The fourth-order valence-electron chi connectivity index (χ4n) is 4.87. The Bertz CT molecular complexity index is 2330. The summed E-state index contributed by atoms with van der Waals surface area (Å²) in [5.41, 5.74) is 5.00. The highest BCUT2D eigenvalue weighted by molar-refractivity contribution is 5.87. The van der Waals surface area contributed by atoms with E-state index in [1.807, 2.05) is 109 Å². The largest absolute Gasteiger partial charge is 0.223 e. The van der Waals surface area contributed by atoms with Gasteiger partial charge in [-0.05, 0) is 0 Å². The summed E-state index contributed by atoms with van der Waals surface area (Å²) in [5, 5.41) is 37.9. The molecule has 4 heterocycles. The van der Waals surface area contributed by atoms with Gasteiger partial charge in [-0.1, -0.05) is 84.9 Å². The molecule has 0 radical (unpaired) electrons. The van der Waals surface area contributed by atoms with Crippen molar-refractivity contribution in [2.75, 3.05) is 0 Å². The standard InChI is InChI=1S/C34H14N12/c35-15-23-25(17-37)41-33-31(39-23)43-27(19-7-3-1-4-8-19)29(45-33)21-11-13-22(14-12-21)30-28(20-9-5-2-6-10-20)44-32-34(46-30)42-26(18-38)24(16-36)40-32/h1-14H. The molecule has 4 aromatic heterocycles. The summed E-state index contributed by atoms with van der Waals surface area (Å²) >= 11 is 0. The molecule has 0 N–H and O–H groups in total. The summed E-state index contributed by atoms with van der Waals surface area (Å²) < 4.78 is 0. The lowest BCUT2D eigenvalue weighted by atomic mass is 10.00. The Morgan fingerprint density at radius 3 is 0.783 bits per heavy atom. The lowest BCUT2D eigenvalue weighted by Gasteiger charge is -2.12. The molecule has 7 aromatic rings. The van der Waals surface area contributed by atoms with E-state index in [0.717, 1.165) is 11.1 Å². The zero-order valence-electron chi connectivity index (χ0n) is 23.4. The molecule has 0 amide bonds. The van der Waals surface area contributed by atoms with Crippen LogP contribution in [0.15, 0.2) is 84.9 Å². The normalized spacial score (nSPS) is 10.5. The van der Waals surface area contributed by atoms with Crippen molar-refractivity contribution in [3.05, 3.63) is 108 Å². The van der Waals surface area contributed by atoms with Crippen LogP contribution in [0.25, 0.3) is 67.6 Å². The van der Waals surface area contributed by atoms with Gasteiger partial charge < -0.3 is 0 Å². The highest BCUT2D eigenvalue weighted by Gasteiger charge is 2.20. The molecule has 0 aliphatic carbocycles. The Balaban J connectivity index is 1.42. The van der Waals surface area contributed by atoms with Crippen LogP contribution in [0.1, 0.15) is 22.8 Å². The maximum Gasteiger partial charge on any atom is 0.199 e. The minimum atomic E-state index is -0.133. The number of aromatic nitrogens is 8. The van der Waals surface area contributed by atoms with E-state index in [4.69, 9.17) is 19.9 Å². The van der Waals surface area contributed by atoms with Gasteiger partial charge in [0, 0.05) is 22.3 Å². The number of hydrogen-bond acceptors (Lipinski definition) is 12.